The molecule has 2 aromatic rings. The summed E-state index contributed by atoms with van der Waals surface area (Å²) in [6.07, 6.45) is 4.44. The average molecular weight is 398 g/mol. The quantitative estimate of drug-likeness (QED) is 0.638. The van der Waals surface area contributed by atoms with Gasteiger partial charge in [0.05, 0.1) is 4.90 Å². The van der Waals surface area contributed by atoms with Gasteiger partial charge in [-0.1, -0.05) is 31.4 Å². The van der Waals surface area contributed by atoms with E-state index in [2.05, 4.69) is 28.8 Å². The lowest BCUT2D eigenvalue weighted by Gasteiger charge is -2.15. The molecule has 2 unspecified atom stereocenters. The summed E-state index contributed by atoms with van der Waals surface area (Å²) < 4.78 is 14.5. The molecule has 0 amide bonds. The highest BCUT2D eigenvalue weighted by Crippen LogP contribution is 2.20. The van der Waals surface area contributed by atoms with E-state index in [-0.39, 0.29) is 6.04 Å². The molecule has 148 valence electrons. The van der Waals surface area contributed by atoms with Crippen molar-refractivity contribution in [3.63, 3.8) is 0 Å². The zero-order valence-electron chi connectivity index (χ0n) is 16.1. The molecule has 1 aromatic heterocycles. The van der Waals surface area contributed by atoms with Crippen LogP contribution in [0.4, 0.5) is 5.82 Å². The summed E-state index contributed by atoms with van der Waals surface area (Å²) in [5.74, 6) is 0.786. The number of rotatable bonds is 8. The van der Waals surface area contributed by atoms with E-state index in [0.717, 1.165) is 46.1 Å². The molecule has 1 aliphatic heterocycles. The van der Waals surface area contributed by atoms with Crippen molar-refractivity contribution in [1.82, 2.24) is 14.6 Å². The maximum atomic E-state index is 12.6. The topological polar surface area (TPSA) is 83.3 Å². The molecular formula is C21H27N5OS. The molecule has 3 rings (SSSR count). The minimum Gasteiger partial charge on any atom is -0.381 e. The van der Waals surface area contributed by atoms with Crippen molar-refractivity contribution in [2.45, 2.75) is 23.9 Å². The minimum atomic E-state index is -1.15. The van der Waals surface area contributed by atoms with Crippen molar-refractivity contribution >= 4 is 28.6 Å². The maximum absolute atomic E-state index is 12.6. The van der Waals surface area contributed by atoms with Crippen LogP contribution in [0.25, 0.3) is 11.8 Å². The van der Waals surface area contributed by atoms with Crippen LogP contribution in [0, 0.1) is 0 Å². The summed E-state index contributed by atoms with van der Waals surface area (Å²) in [6, 6.07) is 9.92. The largest absolute Gasteiger partial charge is 0.381 e. The molecule has 7 heteroatoms. The van der Waals surface area contributed by atoms with Crippen LogP contribution in [-0.2, 0) is 17.5 Å². The number of hydrogen-bond donors (Lipinski definition) is 3. The Hall–Kier alpha value is -2.48. The van der Waals surface area contributed by atoms with Crippen molar-refractivity contribution < 1.29 is 4.21 Å². The Morgan fingerprint density at radius 2 is 2.18 bits per heavy atom. The van der Waals surface area contributed by atoms with E-state index in [1.54, 1.807) is 12.3 Å². The van der Waals surface area contributed by atoms with Crippen LogP contribution in [0.1, 0.15) is 23.1 Å². The van der Waals surface area contributed by atoms with Gasteiger partial charge in [0.2, 0.25) is 0 Å². The van der Waals surface area contributed by atoms with Crippen LogP contribution >= 0.6 is 0 Å². The van der Waals surface area contributed by atoms with Gasteiger partial charge in [0.25, 0.3) is 0 Å². The van der Waals surface area contributed by atoms with Gasteiger partial charge in [-0.15, -0.1) is 0 Å². The van der Waals surface area contributed by atoms with Crippen LogP contribution in [-0.4, -0.2) is 39.7 Å². The predicted molar refractivity (Wildman–Crippen MR) is 117 cm³/mol. The number of pyridine rings is 1. The van der Waals surface area contributed by atoms with Gasteiger partial charge in [-0.05, 0) is 30.2 Å². The number of nitrogens with one attached hydrogen (secondary N) is 2. The molecule has 2 heterocycles. The molecule has 0 radical (unpaired) electrons. The van der Waals surface area contributed by atoms with Crippen molar-refractivity contribution in [2.24, 2.45) is 5.73 Å². The molecule has 28 heavy (non-hydrogen) atoms. The van der Waals surface area contributed by atoms with Crippen molar-refractivity contribution in [3.8, 4) is 0 Å². The number of benzene rings is 1. The molecule has 0 spiro atoms. The van der Waals surface area contributed by atoms with E-state index in [9.17, 15) is 4.21 Å². The molecule has 0 bridgehead atoms. The molecule has 4 N–H and O–H groups in total. The van der Waals surface area contributed by atoms with Gasteiger partial charge in [0.15, 0.2) is 0 Å². The lowest BCUT2D eigenvalue weighted by atomic mass is 10.1. The van der Waals surface area contributed by atoms with Crippen LogP contribution in [0.5, 0.6) is 0 Å². The smallest absolute Gasteiger partial charge is 0.132 e. The third-order valence-corrected chi connectivity index (χ3v) is 6.25. The predicted octanol–water partition coefficient (Wildman–Crippen LogP) is 2.58. The summed E-state index contributed by atoms with van der Waals surface area (Å²) in [5, 5.41) is 6.36. The summed E-state index contributed by atoms with van der Waals surface area (Å²) in [5.41, 5.74) is 9.63. The summed E-state index contributed by atoms with van der Waals surface area (Å²) >= 11 is 0. The highest BCUT2D eigenvalue weighted by Gasteiger charge is 2.24. The molecule has 1 aliphatic rings. The lowest BCUT2D eigenvalue weighted by Crippen LogP contribution is -2.28. The van der Waals surface area contributed by atoms with E-state index >= 15 is 0 Å². The van der Waals surface area contributed by atoms with Crippen LogP contribution in [0.2, 0.25) is 0 Å². The standard InChI is InChI=1S/C21H27N5OS/c1-4-17-11-18(13-25-21(17)23-3)15(2)24-12-16-5-7-20(8-6-16)28(27)26-10-9-19(22)14-26/h4-8,11,13,19,24H,1-2,9-10,12,14,22H2,3H3,(H,23,25). The normalized spacial score (nSPS) is 17.9. The summed E-state index contributed by atoms with van der Waals surface area (Å²) in [4.78, 5) is 5.19. The molecule has 1 saturated heterocycles. The Bertz CT molecular complexity index is 881. The third-order valence-electron chi connectivity index (χ3n) is 4.78. The fourth-order valence-electron chi connectivity index (χ4n) is 3.10. The van der Waals surface area contributed by atoms with Gasteiger partial charge >= 0.3 is 0 Å². The van der Waals surface area contributed by atoms with E-state index in [1.165, 1.54) is 0 Å². The highest BCUT2D eigenvalue weighted by atomic mass is 32.2. The van der Waals surface area contributed by atoms with E-state index in [1.807, 2.05) is 41.7 Å². The Morgan fingerprint density at radius 1 is 1.43 bits per heavy atom. The molecule has 1 fully saturated rings. The summed E-state index contributed by atoms with van der Waals surface area (Å²) in [6.45, 7) is 10.0. The SMILES string of the molecule is C=Cc1cc(C(=C)NCc2ccc(S(=O)N3CCC(N)C3)cc2)cnc1NC. The first kappa shape index (κ1) is 20.3. The van der Waals surface area contributed by atoms with Crippen molar-refractivity contribution in [1.29, 1.82) is 0 Å². The molecule has 0 saturated carbocycles. The molecule has 2 atom stereocenters. The first-order chi connectivity index (χ1) is 13.5. The molecular weight excluding hydrogens is 370 g/mol. The second kappa shape index (κ2) is 9.14. The van der Waals surface area contributed by atoms with Crippen LogP contribution in [0.15, 0.2) is 54.6 Å². The van der Waals surface area contributed by atoms with Gasteiger partial charge in [-0.25, -0.2) is 13.5 Å². The van der Waals surface area contributed by atoms with Crippen LogP contribution in [0.3, 0.4) is 0 Å². The summed E-state index contributed by atoms with van der Waals surface area (Å²) in [7, 11) is 0.685. The highest BCUT2D eigenvalue weighted by molar-refractivity contribution is 7.82. The van der Waals surface area contributed by atoms with Crippen molar-refractivity contribution in [2.75, 3.05) is 25.5 Å². The van der Waals surface area contributed by atoms with Gasteiger partial charge in [0, 0.05) is 55.7 Å². The average Bonchev–Trinajstić information content (AvgIpc) is 3.17. The van der Waals surface area contributed by atoms with Gasteiger partial charge in [0.1, 0.15) is 16.8 Å². The number of nitrogens with zero attached hydrogens (tertiary/aromatic N) is 2. The van der Waals surface area contributed by atoms with Crippen LogP contribution < -0.4 is 16.4 Å². The Morgan fingerprint density at radius 3 is 2.79 bits per heavy atom. The first-order valence-electron chi connectivity index (χ1n) is 9.26. The zero-order chi connectivity index (χ0) is 20.1. The maximum Gasteiger partial charge on any atom is 0.132 e. The number of hydrogen-bond acceptors (Lipinski definition) is 5. The van der Waals surface area contributed by atoms with E-state index in [4.69, 9.17) is 5.73 Å². The minimum absolute atomic E-state index is 0.122. The van der Waals surface area contributed by atoms with Gasteiger partial charge < -0.3 is 16.4 Å². The zero-order valence-corrected chi connectivity index (χ0v) is 17.0. The fourth-order valence-corrected chi connectivity index (χ4v) is 4.36. The molecule has 6 nitrogen and oxygen atoms in total. The number of anilines is 1. The first-order valence-corrected chi connectivity index (χ1v) is 10.4. The monoisotopic (exact) mass is 397 g/mol. The fraction of sp³-hybridized carbons (Fsp3) is 0.286. The van der Waals surface area contributed by atoms with Gasteiger partial charge in [-0.2, -0.15) is 0 Å². The lowest BCUT2D eigenvalue weighted by molar-refractivity contribution is 0.527. The van der Waals surface area contributed by atoms with E-state index in [0.29, 0.717) is 13.1 Å². The Balaban J connectivity index is 1.59. The Kier molecular flexibility index (Phi) is 6.61. The number of nitrogens with two attached hydrogens (primary N) is 1. The molecule has 1 aromatic carbocycles. The molecule has 0 aliphatic carbocycles. The third kappa shape index (κ3) is 4.67. The van der Waals surface area contributed by atoms with Gasteiger partial charge in [-0.3, -0.25) is 0 Å². The second-order valence-electron chi connectivity index (χ2n) is 6.78. The van der Waals surface area contributed by atoms with E-state index < -0.39 is 11.0 Å². The Labute approximate surface area is 169 Å². The number of aromatic nitrogens is 1. The van der Waals surface area contributed by atoms with Crippen molar-refractivity contribution in [3.05, 3.63) is 66.4 Å². The second-order valence-corrected chi connectivity index (χ2v) is 8.26.